The van der Waals surface area contributed by atoms with E-state index >= 15 is 0 Å². The first-order chi connectivity index (χ1) is 10.3. The van der Waals surface area contributed by atoms with Gasteiger partial charge in [-0.1, -0.05) is 37.9 Å². The molecule has 1 N–H and O–H groups in total. The van der Waals surface area contributed by atoms with Gasteiger partial charge in [-0.2, -0.15) is 4.98 Å². The molecule has 0 amide bonds. The molecule has 6 heteroatoms. The highest BCUT2D eigenvalue weighted by Crippen LogP contribution is 2.34. The number of fused-ring (bicyclic) bond motifs is 1. The maximum atomic E-state index is 6.41. The van der Waals surface area contributed by atoms with Crippen molar-refractivity contribution in [1.29, 1.82) is 0 Å². The molecule has 4 nitrogen and oxygen atoms in total. The van der Waals surface area contributed by atoms with E-state index in [0.29, 0.717) is 0 Å². The third kappa shape index (κ3) is 3.57. The van der Waals surface area contributed by atoms with Gasteiger partial charge in [-0.15, -0.1) is 16.7 Å². The van der Waals surface area contributed by atoms with E-state index in [1.165, 1.54) is 43.4 Å². The normalized spacial score (nSPS) is 21.0. The monoisotopic (exact) mass is 326 g/mol. The van der Waals surface area contributed by atoms with Crippen LogP contribution in [-0.4, -0.2) is 25.9 Å². The fourth-order valence-corrected chi connectivity index (χ4v) is 4.11. The van der Waals surface area contributed by atoms with Crippen molar-refractivity contribution < 1.29 is 0 Å². The van der Waals surface area contributed by atoms with Crippen molar-refractivity contribution in [1.82, 2.24) is 14.8 Å². The molecule has 1 unspecified atom stereocenters. The number of aromatic nitrogens is 3. The van der Waals surface area contributed by atoms with Crippen LogP contribution in [0.15, 0.2) is 16.4 Å². The largest absolute Gasteiger partial charge is 0.327 e. The molecule has 1 aromatic rings. The molecule has 1 aromatic heterocycles. The second-order valence-corrected chi connectivity index (χ2v) is 7.38. The van der Waals surface area contributed by atoms with Gasteiger partial charge in [-0.25, -0.2) is 4.68 Å². The smallest absolute Gasteiger partial charge is 0.226 e. The second-order valence-electron chi connectivity index (χ2n) is 5.79. The van der Waals surface area contributed by atoms with Gasteiger partial charge in [0.1, 0.15) is 0 Å². The summed E-state index contributed by atoms with van der Waals surface area (Å²) in [5.74, 6) is 1.96. The van der Waals surface area contributed by atoms with Crippen LogP contribution >= 0.6 is 23.4 Å². The van der Waals surface area contributed by atoms with Crippen LogP contribution < -0.4 is 5.32 Å². The summed E-state index contributed by atoms with van der Waals surface area (Å²) in [4.78, 5) is 4.60. The quantitative estimate of drug-likeness (QED) is 0.477. The van der Waals surface area contributed by atoms with Gasteiger partial charge in [0.15, 0.2) is 0 Å². The Morgan fingerprint density at radius 2 is 2.29 bits per heavy atom. The zero-order valence-electron chi connectivity index (χ0n) is 12.6. The van der Waals surface area contributed by atoms with Gasteiger partial charge >= 0.3 is 0 Å². The first-order valence-electron chi connectivity index (χ1n) is 7.98. The van der Waals surface area contributed by atoms with Crippen LogP contribution in [0, 0.1) is 0 Å². The SMILES string of the molecule is CCCCCCSc1nc2n(n1)CC1=C(N2)C(Cl)CCC1. The second kappa shape index (κ2) is 7.05. The Balaban J connectivity index is 1.58. The van der Waals surface area contributed by atoms with Gasteiger partial charge in [-0.05, 0) is 31.3 Å². The predicted octanol–water partition coefficient (Wildman–Crippen LogP) is 4.42. The van der Waals surface area contributed by atoms with Crippen molar-refractivity contribution in [3.05, 3.63) is 11.3 Å². The Hall–Kier alpha value is -0.680. The zero-order chi connectivity index (χ0) is 14.7. The van der Waals surface area contributed by atoms with Gasteiger partial charge in [0, 0.05) is 11.4 Å². The molecule has 3 rings (SSSR count). The lowest BCUT2D eigenvalue weighted by Crippen LogP contribution is -2.27. The summed E-state index contributed by atoms with van der Waals surface area (Å²) in [6.07, 6.45) is 8.52. The molecule has 1 aliphatic heterocycles. The third-order valence-electron chi connectivity index (χ3n) is 4.10. The van der Waals surface area contributed by atoms with Crippen LogP contribution in [0.2, 0.25) is 0 Å². The Bertz CT molecular complexity index is 526. The molecule has 0 saturated heterocycles. The molecule has 2 aliphatic rings. The third-order valence-corrected chi connectivity index (χ3v) is 5.46. The number of nitrogens with zero attached hydrogens (tertiary/aromatic N) is 3. The maximum Gasteiger partial charge on any atom is 0.226 e. The molecule has 0 saturated carbocycles. The van der Waals surface area contributed by atoms with Crippen LogP contribution in [-0.2, 0) is 6.54 Å². The molecule has 0 fully saturated rings. The van der Waals surface area contributed by atoms with Crippen LogP contribution in [0.3, 0.4) is 0 Å². The van der Waals surface area contributed by atoms with Crippen molar-refractivity contribution in [2.75, 3.05) is 11.1 Å². The van der Waals surface area contributed by atoms with Crippen molar-refractivity contribution in [3.8, 4) is 0 Å². The van der Waals surface area contributed by atoms with E-state index in [9.17, 15) is 0 Å². The fourth-order valence-electron chi connectivity index (χ4n) is 2.90. The topological polar surface area (TPSA) is 42.7 Å². The summed E-state index contributed by atoms with van der Waals surface area (Å²) in [7, 11) is 0. The lowest BCUT2D eigenvalue weighted by molar-refractivity contribution is 0.573. The molecule has 1 aliphatic carbocycles. The minimum Gasteiger partial charge on any atom is -0.327 e. The van der Waals surface area contributed by atoms with E-state index in [2.05, 4.69) is 22.3 Å². The molecule has 0 spiro atoms. The molecular weight excluding hydrogens is 304 g/mol. The highest BCUT2D eigenvalue weighted by molar-refractivity contribution is 7.99. The average molecular weight is 327 g/mol. The van der Waals surface area contributed by atoms with E-state index < -0.39 is 0 Å². The molecular formula is C15H23ClN4S. The minimum atomic E-state index is 0.115. The molecule has 1 atom stereocenters. The Labute approximate surface area is 135 Å². The first-order valence-corrected chi connectivity index (χ1v) is 9.40. The van der Waals surface area contributed by atoms with E-state index in [1.807, 2.05) is 4.68 Å². The molecule has 116 valence electrons. The van der Waals surface area contributed by atoms with Crippen molar-refractivity contribution >= 4 is 29.3 Å². The Morgan fingerprint density at radius 1 is 1.38 bits per heavy atom. The standard InChI is InChI=1S/C15H23ClN4S/c1-2-3-4-5-9-21-15-18-14-17-13-11(10-20(14)19-15)7-6-8-12(13)16/h12H,2-10H2,1H3,(H,17,18,19). The summed E-state index contributed by atoms with van der Waals surface area (Å²) in [6, 6.07) is 0. The summed E-state index contributed by atoms with van der Waals surface area (Å²) >= 11 is 8.18. The zero-order valence-corrected chi connectivity index (χ0v) is 14.1. The highest BCUT2D eigenvalue weighted by atomic mass is 35.5. The number of alkyl halides is 1. The minimum absolute atomic E-state index is 0.115. The van der Waals surface area contributed by atoms with Crippen LogP contribution in [0.25, 0.3) is 0 Å². The lowest BCUT2D eigenvalue weighted by atomic mass is 9.95. The van der Waals surface area contributed by atoms with Gasteiger partial charge in [0.25, 0.3) is 0 Å². The van der Waals surface area contributed by atoms with Crippen LogP contribution in [0.1, 0.15) is 51.9 Å². The van der Waals surface area contributed by atoms with Crippen molar-refractivity contribution in [2.45, 2.75) is 68.9 Å². The number of anilines is 1. The number of hydrogen-bond donors (Lipinski definition) is 1. The van der Waals surface area contributed by atoms with Crippen molar-refractivity contribution in [2.24, 2.45) is 0 Å². The summed E-state index contributed by atoms with van der Waals surface area (Å²) < 4.78 is 1.99. The maximum absolute atomic E-state index is 6.41. The van der Waals surface area contributed by atoms with E-state index in [4.69, 9.17) is 11.6 Å². The van der Waals surface area contributed by atoms with E-state index in [-0.39, 0.29) is 5.38 Å². The number of halogens is 1. The van der Waals surface area contributed by atoms with Gasteiger partial charge in [0.2, 0.25) is 11.1 Å². The molecule has 0 aromatic carbocycles. The number of thioether (sulfide) groups is 1. The summed E-state index contributed by atoms with van der Waals surface area (Å²) in [6.45, 7) is 3.09. The summed E-state index contributed by atoms with van der Waals surface area (Å²) in [5, 5.41) is 9.02. The number of hydrogen-bond acceptors (Lipinski definition) is 4. The van der Waals surface area contributed by atoms with Crippen LogP contribution in [0.4, 0.5) is 5.95 Å². The van der Waals surface area contributed by atoms with Crippen molar-refractivity contribution in [3.63, 3.8) is 0 Å². The lowest BCUT2D eigenvalue weighted by Gasteiger charge is -2.29. The van der Waals surface area contributed by atoms with Gasteiger partial charge in [0.05, 0.1) is 11.9 Å². The number of allylic oxidation sites excluding steroid dienone is 2. The number of nitrogens with one attached hydrogen (secondary N) is 1. The number of rotatable bonds is 6. The molecule has 0 radical (unpaired) electrons. The Kier molecular flexibility index (Phi) is 5.11. The highest BCUT2D eigenvalue weighted by Gasteiger charge is 2.27. The first kappa shape index (κ1) is 15.2. The number of unbranched alkanes of at least 4 members (excludes halogenated alkanes) is 3. The summed E-state index contributed by atoms with van der Waals surface area (Å²) in [5.41, 5.74) is 2.58. The predicted molar refractivity (Wildman–Crippen MR) is 89.0 cm³/mol. The fraction of sp³-hybridized carbons (Fsp3) is 0.733. The van der Waals surface area contributed by atoms with Crippen LogP contribution in [0.5, 0.6) is 0 Å². The van der Waals surface area contributed by atoms with E-state index in [0.717, 1.165) is 36.2 Å². The van der Waals surface area contributed by atoms with Gasteiger partial charge in [-0.3, -0.25) is 0 Å². The molecule has 2 heterocycles. The van der Waals surface area contributed by atoms with Gasteiger partial charge < -0.3 is 5.32 Å². The molecule has 0 bridgehead atoms. The molecule has 21 heavy (non-hydrogen) atoms. The Morgan fingerprint density at radius 3 is 3.14 bits per heavy atom. The van der Waals surface area contributed by atoms with E-state index in [1.54, 1.807) is 11.8 Å². The average Bonchev–Trinajstić information content (AvgIpc) is 2.87.